The van der Waals surface area contributed by atoms with Crippen LogP contribution in [0.5, 0.6) is 0 Å². The molecule has 1 rings (SSSR count). The van der Waals surface area contributed by atoms with Gasteiger partial charge in [0.1, 0.15) is 11.5 Å². The first-order chi connectivity index (χ1) is 9.15. The number of anilines is 1. The first-order valence-corrected chi connectivity index (χ1v) is 6.71. The molecule has 0 unspecified atom stereocenters. The fourth-order valence-electron chi connectivity index (χ4n) is 1.91. The van der Waals surface area contributed by atoms with Crippen molar-refractivity contribution in [2.24, 2.45) is 16.8 Å². The largest absolute Gasteiger partial charge is 0.409 e. The molecule has 0 aliphatic carbocycles. The van der Waals surface area contributed by atoms with Gasteiger partial charge in [-0.25, -0.2) is 9.97 Å². The van der Waals surface area contributed by atoms with E-state index in [0.717, 1.165) is 31.7 Å². The van der Waals surface area contributed by atoms with Gasteiger partial charge >= 0.3 is 0 Å². The Kier molecular flexibility index (Phi) is 6.05. The van der Waals surface area contributed by atoms with Gasteiger partial charge in [-0.3, -0.25) is 0 Å². The molecular weight excluding hydrogens is 242 g/mol. The molecule has 1 aromatic heterocycles. The van der Waals surface area contributed by atoms with Crippen LogP contribution in [0.15, 0.2) is 17.5 Å². The number of nitrogens with two attached hydrogens (primary N) is 1. The zero-order chi connectivity index (χ0) is 14.3. The van der Waals surface area contributed by atoms with E-state index in [1.807, 2.05) is 0 Å². The minimum atomic E-state index is -0.0258. The summed E-state index contributed by atoms with van der Waals surface area (Å²) >= 11 is 0. The average Bonchev–Trinajstić information content (AvgIpc) is 2.48. The maximum absolute atomic E-state index is 8.58. The van der Waals surface area contributed by atoms with Gasteiger partial charge in [0.05, 0.1) is 12.4 Å². The van der Waals surface area contributed by atoms with Gasteiger partial charge in [0.15, 0.2) is 5.84 Å². The number of rotatable bonds is 7. The lowest BCUT2D eigenvalue weighted by Gasteiger charge is -2.26. The van der Waals surface area contributed by atoms with Crippen molar-refractivity contribution in [3.05, 3.63) is 18.1 Å². The third-order valence-corrected chi connectivity index (χ3v) is 3.35. The van der Waals surface area contributed by atoms with E-state index in [4.69, 9.17) is 10.9 Å². The van der Waals surface area contributed by atoms with Gasteiger partial charge < -0.3 is 15.8 Å². The van der Waals surface area contributed by atoms with Crippen molar-refractivity contribution in [1.29, 1.82) is 0 Å². The Labute approximate surface area is 114 Å². The Morgan fingerprint density at radius 2 is 2.00 bits per heavy atom. The van der Waals surface area contributed by atoms with Crippen LogP contribution in [-0.2, 0) is 0 Å². The molecular formula is C13H23N5O. The third-order valence-electron chi connectivity index (χ3n) is 3.35. The molecule has 0 bridgehead atoms. The number of hydrogen-bond acceptors (Lipinski definition) is 5. The van der Waals surface area contributed by atoms with Crippen LogP contribution in [0.1, 0.15) is 39.3 Å². The van der Waals surface area contributed by atoms with Gasteiger partial charge in [-0.2, -0.15) is 0 Å². The summed E-state index contributed by atoms with van der Waals surface area (Å²) in [7, 11) is 0. The topological polar surface area (TPSA) is 87.6 Å². The maximum Gasteiger partial charge on any atom is 0.190 e. The quantitative estimate of drug-likeness (QED) is 0.340. The fraction of sp³-hybridized carbons (Fsp3) is 0.615. The van der Waals surface area contributed by atoms with Gasteiger partial charge in [0.2, 0.25) is 0 Å². The highest BCUT2D eigenvalue weighted by Crippen LogP contribution is 2.15. The highest BCUT2D eigenvalue weighted by molar-refractivity contribution is 5.94. The summed E-state index contributed by atoms with van der Waals surface area (Å²) in [4.78, 5) is 10.7. The first-order valence-electron chi connectivity index (χ1n) is 6.71. The molecule has 0 aliphatic rings. The number of hydrogen-bond donors (Lipinski definition) is 2. The van der Waals surface area contributed by atoms with E-state index in [0.29, 0.717) is 11.6 Å². The van der Waals surface area contributed by atoms with Crippen LogP contribution in [-0.4, -0.2) is 34.1 Å². The van der Waals surface area contributed by atoms with E-state index in [2.05, 4.69) is 40.8 Å². The molecule has 19 heavy (non-hydrogen) atoms. The molecule has 0 radical (unpaired) electrons. The first kappa shape index (κ1) is 15.2. The zero-order valence-electron chi connectivity index (χ0n) is 11.9. The van der Waals surface area contributed by atoms with E-state index >= 15 is 0 Å². The van der Waals surface area contributed by atoms with Crippen LogP contribution >= 0.6 is 0 Å². The predicted octanol–water partition coefficient (Wildman–Crippen LogP) is 1.83. The second-order valence-electron chi connectivity index (χ2n) is 4.47. The number of amidine groups is 1. The molecule has 0 amide bonds. The van der Waals surface area contributed by atoms with E-state index in [1.165, 1.54) is 6.20 Å². The molecule has 0 aliphatic heterocycles. The van der Waals surface area contributed by atoms with Crippen molar-refractivity contribution in [3.63, 3.8) is 0 Å². The number of aromatic nitrogens is 2. The van der Waals surface area contributed by atoms with Crippen molar-refractivity contribution in [2.45, 2.75) is 33.6 Å². The summed E-state index contributed by atoms with van der Waals surface area (Å²) in [5, 5.41) is 11.5. The Bertz CT molecular complexity index is 400. The fourth-order valence-corrected chi connectivity index (χ4v) is 1.91. The number of nitrogens with zero attached hydrogens (tertiary/aromatic N) is 4. The van der Waals surface area contributed by atoms with Gasteiger partial charge in [0, 0.05) is 13.1 Å². The molecule has 3 N–H and O–H groups in total. The van der Waals surface area contributed by atoms with E-state index in [9.17, 15) is 0 Å². The number of oxime groups is 1. The third kappa shape index (κ3) is 4.08. The molecule has 6 heteroatoms. The van der Waals surface area contributed by atoms with Crippen LogP contribution in [0, 0.1) is 5.92 Å². The lowest BCUT2D eigenvalue weighted by Crippen LogP contribution is -2.30. The molecule has 6 nitrogen and oxygen atoms in total. The van der Waals surface area contributed by atoms with Gasteiger partial charge in [-0.15, -0.1) is 0 Å². The Morgan fingerprint density at radius 1 is 1.32 bits per heavy atom. The zero-order valence-corrected chi connectivity index (χ0v) is 11.9. The molecule has 0 spiro atoms. The van der Waals surface area contributed by atoms with Crippen LogP contribution in [0.2, 0.25) is 0 Å². The summed E-state index contributed by atoms with van der Waals surface area (Å²) in [5.74, 6) is 1.46. The Balaban J connectivity index is 2.82. The molecule has 0 saturated carbocycles. The van der Waals surface area contributed by atoms with Crippen molar-refractivity contribution < 1.29 is 5.21 Å². The summed E-state index contributed by atoms with van der Waals surface area (Å²) in [6, 6.07) is 0. The highest BCUT2D eigenvalue weighted by Gasteiger charge is 2.12. The standard InChI is InChI=1S/C13H23N5O/c1-4-10(5-2)9-18(6-3)12-8-15-11(7-16-12)13(14)17-19/h7-8,10,19H,4-6,9H2,1-3H3,(H2,14,17). The minimum absolute atomic E-state index is 0.0258. The van der Waals surface area contributed by atoms with Crippen LogP contribution in [0.3, 0.4) is 0 Å². The SMILES string of the molecule is CCC(CC)CN(CC)c1cnc(C(N)=NO)cn1. The smallest absolute Gasteiger partial charge is 0.190 e. The summed E-state index contributed by atoms with van der Waals surface area (Å²) in [6.45, 7) is 8.36. The van der Waals surface area contributed by atoms with Crippen LogP contribution in [0.4, 0.5) is 5.82 Å². The molecule has 1 heterocycles. The molecule has 106 valence electrons. The van der Waals surface area contributed by atoms with Gasteiger partial charge in [-0.05, 0) is 12.8 Å². The average molecular weight is 265 g/mol. The van der Waals surface area contributed by atoms with Crippen molar-refractivity contribution in [1.82, 2.24) is 9.97 Å². The molecule has 1 aromatic rings. The van der Waals surface area contributed by atoms with Crippen molar-refractivity contribution in [2.75, 3.05) is 18.0 Å². The van der Waals surface area contributed by atoms with Crippen LogP contribution < -0.4 is 10.6 Å². The van der Waals surface area contributed by atoms with Crippen molar-refractivity contribution >= 4 is 11.7 Å². The van der Waals surface area contributed by atoms with E-state index in [-0.39, 0.29) is 5.84 Å². The summed E-state index contributed by atoms with van der Waals surface area (Å²) < 4.78 is 0. The van der Waals surface area contributed by atoms with E-state index in [1.54, 1.807) is 6.20 Å². The van der Waals surface area contributed by atoms with E-state index < -0.39 is 0 Å². The normalized spacial score (nSPS) is 11.9. The van der Waals surface area contributed by atoms with Gasteiger partial charge in [-0.1, -0.05) is 31.8 Å². The Morgan fingerprint density at radius 3 is 2.42 bits per heavy atom. The second kappa shape index (κ2) is 7.56. The molecule has 0 fully saturated rings. The summed E-state index contributed by atoms with van der Waals surface area (Å²) in [5.41, 5.74) is 5.84. The Hall–Kier alpha value is -1.85. The minimum Gasteiger partial charge on any atom is -0.409 e. The highest BCUT2D eigenvalue weighted by atomic mass is 16.4. The second-order valence-corrected chi connectivity index (χ2v) is 4.47. The summed E-state index contributed by atoms with van der Waals surface area (Å²) in [6.07, 6.45) is 5.50. The monoisotopic (exact) mass is 265 g/mol. The maximum atomic E-state index is 8.58. The predicted molar refractivity (Wildman–Crippen MR) is 76.5 cm³/mol. The lowest BCUT2D eigenvalue weighted by atomic mass is 10.0. The lowest BCUT2D eigenvalue weighted by molar-refractivity contribution is 0.318. The van der Waals surface area contributed by atoms with Crippen LogP contribution in [0.25, 0.3) is 0 Å². The molecule has 0 aromatic carbocycles. The molecule has 0 saturated heterocycles. The van der Waals surface area contributed by atoms with Gasteiger partial charge in [0.25, 0.3) is 0 Å². The molecule has 0 atom stereocenters. The van der Waals surface area contributed by atoms with Crippen molar-refractivity contribution in [3.8, 4) is 0 Å².